The number of phosphoric ester groups is 2. The van der Waals surface area contributed by atoms with Crippen LogP contribution >= 0.6 is 15.6 Å². The molecule has 0 bridgehead atoms. The van der Waals surface area contributed by atoms with E-state index >= 15 is 0 Å². The molecule has 3 unspecified atom stereocenters. The maximum atomic E-state index is 13.1. The van der Waals surface area contributed by atoms with E-state index in [1.54, 1.807) is 0 Å². The van der Waals surface area contributed by atoms with Crippen LogP contribution in [0, 0.1) is 23.7 Å². The topological polar surface area (TPSA) is 237 Å². The number of carbonyl (C=O) groups is 4. The molecule has 0 saturated heterocycles. The van der Waals surface area contributed by atoms with Crippen LogP contribution in [0.4, 0.5) is 0 Å². The second-order valence-electron chi connectivity index (χ2n) is 28.7. The van der Waals surface area contributed by atoms with Gasteiger partial charge in [0, 0.05) is 25.7 Å². The third-order valence-corrected chi connectivity index (χ3v) is 19.6. The zero-order valence-electron chi connectivity index (χ0n) is 61.6. The van der Waals surface area contributed by atoms with Crippen LogP contribution in [0.1, 0.15) is 376 Å². The molecule has 0 aliphatic carbocycles. The van der Waals surface area contributed by atoms with Crippen molar-refractivity contribution >= 4 is 39.5 Å². The quantitative estimate of drug-likeness (QED) is 0.0222. The Balaban J connectivity index is 5.21. The Kier molecular flexibility index (Phi) is 63.1. The number of carbonyl (C=O) groups excluding carboxylic acids is 4. The fraction of sp³-hybridized carbons (Fsp3) is 0.947. The van der Waals surface area contributed by atoms with E-state index in [2.05, 4.69) is 55.4 Å². The minimum absolute atomic E-state index is 0.106. The summed E-state index contributed by atoms with van der Waals surface area (Å²) < 4.78 is 68.4. The smallest absolute Gasteiger partial charge is 0.462 e. The summed E-state index contributed by atoms with van der Waals surface area (Å²) in [4.78, 5) is 72.7. The minimum atomic E-state index is -4.96. The van der Waals surface area contributed by atoms with Gasteiger partial charge in [-0.1, -0.05) is 325 Å². The Bertz CT molecular complexity index is 1850. The Morgan fingerprint density at radius 1 is 0.298 bits per heavy atom. The third-order valence-electron chi connectivity index (χ3n) is 17.7. The summed E-state index contributed by atoms with van der Waals surface area (Å²) in [5.74, 6) is 0.914. The third kappa shape index (κ3) is 67.3. The molecular weight excluding hydrogens is 1230 g/mol. The van der Waals surface area contributed by atoms with E-state index in [9.17, 15) is 43.2 Å². The Labute approximate surface area is 575 Å². The molecule has 0 aromatic carbocycles. The molecule has 0 aliphatic heterocycles. The van der Waals surface area contributed by atoms with E-state index < -0.39 is 97.5 Å². The molecule has 0 amide bonds. The lowest BCUT2D eigenvalue weighted by Gasteiger charge is -2.21. The molecular formula is C75H146O17P2. The zero-order valence-corrected chi connectivity index (χ0v) is 63.4. The van der Waals surface area contributed by atoms with Gasteiger partial charge in [-0.15, -0.1) is 0 Å². The van der Waals surface area contributed by atoms with Crippen molar-refractivity contribution in [2.45, 2.75) is 395 Å². The first-order valence-corrected chi connectivity index (χ1v) is 41.7. The molecule has 0 fully saturated rings. The first-order chi connectivity index (χ1) is 45.1. The molecule has 0 spiro atoms. The van der Waals surface area contributed by atoms with Crippen LogP contribution in [0.5, 0.6) is 0 Å². The number of rotatable bonds is 72. The number of hydrogen-bond donors (Lipinski definition) is 3. The van der Waals surface area contributed by atoms with Gasteiger partial charge in [0.05, 0.1) is 26.4 Å². The molecule has 19 heteroatoms. The molecule has 0 aromatic heterocycles. The second-order valence-corrected chi connectivity index (χ2v) is 31.6. The van der Waals surface area contributed by atoms with Crippen molar-refractivity contribution in [3.05, 3.63) is 0 Å². The second kappa shape index (κ2) is 64.4. The van der Waals surface area contributed by atoms with Crippen LogP contribution in [0.2, 0.25) is 0 Å². The maximum absolute atomic E-state index is 13.1. The average molecular weight is 1380 g/mol. The Morgan fingerprint density at radius 2 is 0.511 bits per heavy atom. The van der Waals surface area contributed by atoms with Crippen molar-refractivity contribution in [3.8, 4) is 0 Å². The van der Waals surface area contributed by atoms with Crippen LogP contribution < -0.4 is 0 Å². The van der Waals surface area contributed by atoms with Crippen molar-refractivity contribution in [1.82, 2.24) is 0 Å². The van der Waals surface area contributed by atoms with Crippen LogP contribution in [0.25, 0.3) is 0 Å². The first kappa shape index (κ1) is 92.1. The fourth-order valence-electron chi connectivity index (χ4n) is 11.3. The lowest BCUT2D eigenvalue weighted by molar-refractivity contribution is -0.161. The van der Waals surface area contributed by atoms with E-state index in [1.165, 1.54) is 173 Å². The van der Waals surface area contributed by atoms with Crippen molar-refractivity contribution in [2.75, 3.05) is 39.6 Å². The summed E-state index contributed by atoms with van der Waals surface area (Å²) in [6, 6.07) is 0. The number of aliphatic hydroxyl groups is 1. The monoisotopic (exact) mass is 1380 g/mol. The molecule has 94 heavy (non-hydrogen) atoms. The molecule has 6 atom stereocenters. The van der Waals surface area contributed by atoms with Gasteiger partial charge >= 0.3 is 39.5 Å². The highest BCUT2D eigenvalue weighted by molar-refractivity contribution is 7.47. The van der Waals surface area contributed by atoms with E-state index in [4.69, 9.17) is 37.0 Å². The van der Waals surface area contributed by atoms with Gasteiger partial charge in [-0.3, -0.25) is 37.3 Å². The molecule has 558 valence electrons. The highest BCUT2D eigenvalue weighted by Crippen LogP contribution is 2.45. The molecule has 0 aromatic rings. The molecule has 0 heterocycles. The van der Waals surface area contributed by atoms with E-state index in [-0.39, 0.29) is 25.7 Å². The van der Waals surface area contributed by atoms with Crippen LogP contribution in [0.3, 0.4) is 0 Å². The van der Waals surface area contributed by atoms with Crippen LogP contribution in [-0.4, -0.2) is 96.7 Å². The molecule has 0 aliphatic rings. The predicted molar refractivity (Wildman–Crippen MR) is 381 cm³/mol. The lowest BCUT2D eigenvalue weighted by atomic mass is 9.99. The average Bonchev–Trinajstić information content (AvgIpc) is 1.20. The summed E-state index contributed by atoms with van der Waals surface area (Å²) in [6.45, 7) is 14.1. The van der Waals surface area contributed by atoms with Crippen molar-refractivity contribution < 1.29 is 80.2 Å². The van der Waals surface area contributed by atoms with E-state index in [1.807, 2.05) is 0 Å². The van der Waals surface area contributed by atoms with Crippen molar-refractivity contribution in [1.29, 1.82) is 0 Å². The summed E-state index contributed by atoms with van der Waals surface area (Å²) in [7, 11) is -9.91. The van der Waals surface area contributed by atoms with Gasteiger partial charge in [0.2, 0.25) is 0 Å². The van der Waals surface area contributed by atoms with Gasteiger partial charge in [0.25, 0.3) is 0 Å². The number of aliphatic hydroxyl groups excluding tert-OH is 1. The SMILES string of the molecule is CCC(C)CCCCCCCCCCCCCCCCC(=O)O[C@H](COC(=O)CCCCCCCCC(C)C)COP(=O)(O)OC[C@H](O)COP(=O)(O)OC[C@@H](COC(=O)CCCCCCCCCCC(C)C)OC(=O)CCCCCCCCCCCCCCCC(C)C. The molecule has 0 radical (unpaired) electrons. The first-order valence-electron chi connectivity index (χ1n) is 38.7. The number of ether oxygens (including phenoxy) is 4. The molecule has 17 nitrogen and oxygen atoms in total. The van der Waals surface area contributed by atoms with Gasteiger partial charge in [-0.25, -0.2) is 9.13 Å². The summed E-state index contributed by atoms with van der Waals surface area (Å²) in [6.07, 6.45) is 48.7. The number of unbranched alkanes of at least 4 members (excludes halogenated alkanes) is 37. The van der Waals surface area contributed by atoms with E-state index in [0.717, 1.165) is 114 Å². The Morgan fingerprint density at radius 3 is 0.755 bits per heavy atom. The van der Waals surface area contributed by atoms with Crippen LogP contribution in [0.15, 0.2) is 0 Å². The largest absolute Gasteiger partial charge is 0.472 e. The van der Waals surface area contributed by atoms with Gasteiger partial charge in [-0.2, -0.15) is 0 Å². The molecule has 0 saturated carbocycles. The predicted octanol–water partition coefficient (Wildman–Crippen LogP) is 21.7. The van der Waals surface area contributed by atoms with Gasteiger partial charge < -0.3 is 33.8 Å². The van der Waals surface area contributed by atoms with Crippen molar-refractivity contribution in [3.63, 3.8) is 0 Å². The van der Waals surface area contributed by atoms with Crippen LogP contribution in [-0.2, 0) is 65.4 Å². The van der Waals surface area contributed by atoms with E-state index in [0.29, 0.717) is 31.6 Å². The highest BCUT2D eigenvalue weighted by Gasteiger charge is 2.30. The molecule has 3 N–H and O–H groups in total. The summed E-state index contributed by atoms with van der Waals surface area (Å²) in [5, 5.41) is 10.6. The van der Waals surface area contributed by atoms with Gasteiger partial charge in [0.15, 0.2) is 12.2 Å². The minimum Gasteiger partial charge on any atom is -0.462 e. The number of hydrogen-bond acceptors (Lipinski definition) is 15. The highest BCUT2D eigenvalue weighted by atomic mass is 31.2. The standard InChI is InChI=1S/C75H146O17P2/c1-9-68(8)54-46-38-29-22-18-14-10-11-15-19-23-31-41-49-57-75(80)92-71(62-86-73(78)56-48-40-34-33-37-45-53-67(6)7)64-90-94(83,84)88-60-69(76)59-87-93(81,82)89-63-70(61-85-72(77)55-47-39-30-26-25-28-36-44-52-66(4)5)91-74(79)58-50-42-32-24-20-16-12-13-17-21-27-35-43-51-65(2)3/h65-71,76H,9-64H2,1-8H3,(H,81,82)(H,83,84)/t68?,69-,70-,71-/m1/s1. The Hall–Kier alpha value is -1.94. The maximum Gasteiger partial charge on any atom is 0.472 e. The van der Waals surface area contributed by atoms with Gasteiger partial charge in [-0.05, 0) is 49.4 Å². The fourth-order valence-corrected chi connectivity index (χ4v) is 12.9. The number of esters is 4. The van der Waals surface area contributed by atoms with Crippen molar-refractivity contribution in [2.24, 2.45) is 23.7 Å². The summed E-state index contributed by atoms with van der Waals surface area (Å²) >= 11 is 0. The zero-order chi connectivity index (χ0) is 69.6. The van der Waals surface area contributed by atoms with Gasteiger partial charge in [0.1, 0.15) is 19.3 Å². The number of phosphoric acid groups is 2. The normalized spacial score (nSPS) is 14.4. The lowest BCUT2D eigenvalue weighted by Crippen LogP contribution is -2.30. The molecule has 0 rings (SSSR count). The summed E-state index contributed by atoms with van der Waals surface area (Å²) in [5.41, 5.74) is 0.